The molecule has 0 radical (unpaired) electrons. The predicted octanol–water partition coefficient (Wildman–Crippen LogP) is 2.58. The Hall–Kier alpha value is -1.46. The van der Waals surface area contributed by atoms with E-state index in [1.807, 2.05) is 36.4 Å². The van der Waals surface area contributed by atoms with Crippen molar-refractivity contribution in [2.75, 3.05) is 13.7 Å². The van der Waals surface area contributed by atoms with Crippen LogP contribution in [0.4, 0.5) is 0 Å². The van der Waals surface area contributed by atoms with E-state index < -0.39 is 0 Å². The van der Waals surface area contributed by atoms with E-state index >= 15 is 0 Å². The van der Waals surface area contributed by atoms with Crippen molar-refractivity contribution in [2.45, 2.75) is 24.8 Å². The summed E-state index contributed by atoms with van der Waals surface area (Å²) >= 11 is 0. The van der Waals surface area contributed by atoms with Crippen LogP contribution in [0.2, 0.25) is 0 Å². The van der Waals surface area contributed by atoms with Crippen LogP contribution >= 0.6 is 0 Å². The number of methoxy groups -OCH3 is 1. The summed E-state index contributed by atoms with van der Waals surface area (Å²) in [5.41, 5.74) is 1.99. The van der Waals surface area contributed by atoms with Crippen molar-refractivity contribution in [3.8, 4) is 0 Å². The standard InChI is InChI=1S/C16H18O4/c1-3-11-9-14(17-2)19-13-10-18-16(20-15(11)13)12-7-5-4-6-8-12/h3-9,13-16H,1,10H2,2H3/t13-,14+,15+,16-/m1/s1. The van der Waals surface area contributed by atoms with Gasteiger partial charge < -0.3 is 18.9 Å². The van der Waals surface area contributed by atoms with Gasteiger partial charge in [-0.1, -0.05) is 43.0 Å². The summed E-state index contributed by atoms with van der Waals surface area (Å²) in [4.78, 5) is 0. The van der Waals surface area contributed by atoms with Crippen LogP contribution in [0, 0.1) is 0 Å². The summed E-state index contributed by atoms with van der Waals surface area (Å²) in [6.45, 7) is 4.31. The maximum Gasteiger partial charge on any atom is 0.184 e. The van der Waals surface area contributed by atoms with E-state index in [0.29, 0.717) is 6.61 Å². The van der Waals surface area contributed by atoms with Crippen molar-refractivity contribution in [3.05, 3.63) is 60.2 Å². The Morgan fingerprint density at radius 2 is 2.05 bits per heavy atom. The quantitative estimate of drug-likeness (QED) is 0.849. The monoisotopic (exact) mass is 274 g/mol. The van der Waals surface area contributed by atoms with Crippen LogP contribution in [-0.4, -0.2) is 32.2 Å². The van der Waals surface area contributed by atoms with Gasteiger partial charge in [-0.15, -0.1) is 0 Å². The van der Waals surface area contributed by atoms with E-state index in [1.54, 1.807) is 13.2 Å². The highest BCUT2D eigenvalue weighted by Gasteiger charge is 2.39. The summed E-state index contributed by atoms with van der Waals surface area (Å²) < 4.78 is 22.8. The number of hydrogen-bond acceptors (Lipinski definition) is 4. The van der Waals surface area contributed by atoms with E-state index in [0.717, 1.165) is 11.1 Å². The van der Waals surface area contributed by atoms with Gasteiger partial charge >= 0.3 is 0 Å². The van der Waals surface area contributed by atoms with Crippen molar-refractivity contribution in [2.24, 2.45) is 0 Å². The zero-order valence-corrected chi connectivity index (χ0v) is 11.4. The Morgan fingerprint density at radius 3 is 2.75 bits per heavy atom. The summed E-state index contributed by atoms with van der Waals surface area (Å²) in [5.74, 6) is 0. The molecule has 4 nitrogen and oxygen atoms in total. The van der Waals surface area contributed by atoms with Crippen LogP contribution in [0.1, 0.15) is 11.9 Å². The van der Waals surface area contributed by atoms with E-state index in [9.17, 15) is 0 Å². The second-order valence-corrected chi connectivity index (χ2v) is 4.78. The molecule has 4 heteroatoms. The van der Waals surface area contributed by atoms with Crippen LogP contribution in [0.25, 0.3) is 0 Å². The van der Waals surface area contributed by atoms with Gasteiger partial charge in [-0.3, -0.25) is 0 Å². The Labute approximate surface area is 118 Å². The summed E-state index contributed by atoms with van der Waals surface area (Å²) in [6.07, 6.45) is 2.60. The Bertz CT molecular complexity index is 496. The first-order chi connectivity index (χ1) is 9.81. The van der Waals surface area contributed by atoms with E-state index in [-0.39, 0.29) is 24.8 Å². The average molecular weight is 274 g/mol. The Kier molecular flexibility index (Phi) is 3.98. The fraction of sp³-hybridized carbons (Fsp3) is 0.375. The van der Waals surface area contributed by atoms with Gasteiger partial charge in [0.15, 0.2) is 12.6 Å². The molecular weight excluding hydrogens is 256 g/mol. The van der Waals surface area contributed by atoms with Crippen LogP contribution in [0.15, 0.2) is 54.6 Å². The van der Waals surface area contributed by atoms with Gasteiger partial charge in [-0.05, 0) is 11.6 Å². The number of fused-ring (bicyclic) bond motifs is 1. The molecule has 4 atom stereocenters. The normalized spacial score (nSPS) is 33.1. The molecule has 1 aromatic carbocycles. The summed E-state index contributed by atoms with van der Waals surface area (Å²) in [5, 5.41) is 0. The molecule has 0 amide bonds. The molecule has 0 unspecified atom stereocenters. The summed E-state index contributed by atoms with van der Waals surface area (Å²) in [6, 6.07) is 9.89. The second kappa shape index (κ2) is 5.89. The molecule has 1 saturated heterocycles. The van der Waals surface area contributed by atoms with Crippen LogP contribution < -0.4 is 0 Å². The molecule has 106 valence electrons. The number of ether oxygens (including phenoxy) is 4. The molecule has 3 rings (SSSR count). The molecule has 1 aromatic rings. The van der Waals surface area contributed by atoms with Crippen molar-refractivity contribution in [1.29, 1.82) is 0 Å². The first kappa shape index (κ1) is 13.5. The molecule has 0 saturated carbocycles. The lowest BCUT2D eigenvalue weighted by atomic mass is 10.00. The molecular formula is C16H18O4. The van der Waals surface area contributed by atoms with Crippen molar-refractivity contribution in [3.63, 3.8) is 0 Å². The number of hydrogen-bond donors (Lipinski definition) is 0. The smallest absolute Gasteiger partial charge is 0.184 e. The minimum atomic E-state index is -0.372. The zero-order chi connectivity index (χ0) is 13.9. The molecule has 1 fully saturated rings. The van der Waals surface area contributed by atoms with Crippen LogP contribution in [0.3, 0.4) is 0 Å². The lowest BCUT2D eigenvalue weighted by molar-refractivity contribution is -0.283. The van der Waals surface area contributed by atoms with Gasteiger partial charge in [0.25, 0.3) is 0 Å². The molecule has 20 heavy (non-hydrogen) atoms. The van der Waals surface area contributed by atoms with Gasteiger partial charge in [0, 0.05) is 12.7 Å². The second-order valence-electron chi connectivity index (χ2n) is 4.78. The predicted molar refractivity (Wildman–Crippen MR) is 74.0 cm³/mol. The molecule has 2 aliphatic heterocycles. The highest BCUT2D eigenvalue weighted by Crippen LogP contribution is 2.34. The fourth-order valence-corrected chi connectivity index (χ4v) is 2.49. The SMILES string of the molecule is C=CC1=C[C@@H](OC)O[C@@H]2CO[C@@H](c3ccccc3)O[C@@H]12. The maximum absolute atomic E-state index is 6.03. The molecule has 0 spiro atoms. The Morgan fingerprint density at radius 1 is 1.25 bits per heavy atom. The molecule has 0 N–H and O–H groups in total. The highest BCUT2D eigenvalue weighted by atomic mass is 16.7. The first-order valence-electron chi connectivity index (χ1n) is 6.66. The maximum atomic E-state index is 6.03. The van der Waals surface area contributed by atoms with Crippen molar-refractivity contribution >= 4 is 0 Å². The molecule has 2 heterocycles. The lowest BCUT2D eigenvalue weighted by Gasteiger charge is -2.41. The van der Waals surface area contributed by atoms with Gasteiger partial charge in [0.2, 0.25) is 0 Å². The molecule has 0 bridgehead atoms. The fourth-order valence-electron chi connectivity index (χ4n) is 2.49. The van der Waals surface area contributed by atoms with E-state index in [2.05, 4.69) is 6.58 Å². The van der Waals surface area contributed by atoms with Gasteiger partial charge in [0.1, 0.15) is 12.2 Å². The number of benzene rings is 1. The number of rotatable bonds is 3. The van der Waals surface area contributed by atoms with E-state index in [4.69, 9.17) is 18.9 Å². The summed E-state index contributed by atoms with van der Waals surface area (Å²) in [7, 11) is 1.61. The Balaban J connectivity index is 1.81. The van der Waals surface area contributed by atoms with Crippen LogP contribution in [0.5, 0.6) is 0 Å². The average Bonchev–Trinajstić information content (AvgIpc) is 2.54. The third kappa shape index (κ3) is 2.55. The topological polar surface area (TPSA) is 36.9 Å². The van der Waals surface area contributed by atoms with Gasteiger partial charge in [-0.25, -0.2) is 0 Å². The molecule has 0 aromatic heterocycles. The van der Waals surface area contributed by atoms with Gasteiger partial charge in [0.05, 0.1) is 6.61 Å². The molecule has 0 aliphatic carbocycles. The third-order valence-corrected chi connectivity index (χ3v) is 3.53. The minimum Gasteiger partial charge on any atom is -0.352 e. The van der Waals surface area contributed by atoms with Crippen molar-refractivity contribution in [1.82, 2.24) is 0 Å². The van der Waals surface area contributed by atoms with E-state index in [1.165, 1.54) is 0 Å². The highest BCUT2D eigenvalue weighted by molar-refractivity contribution is 5.27. The van der Waals surface area contributed by atoms with Crippen LogP contribution in [-0.2, 0) is 18.9 Å². The molecule has 2 aliphatic rings. The first-order valence-corrected chi connectivity index (χ1v) is 6.66. The van der Waals surface area contributed by atoms with Crippen molar-refractivity contribution < 1.29 is 18.9 Å². The van der Waals surface area contributed by atoms with Gasteiger partial charge in [-0.2, -0.15) is 0 Å². The largest absolute Gasteiger partial charge is 0.352 e. The third-order valence-electron chi connectivity index (χ3n) is 3.53. The minimum absolute atomic E-state index is 0.169. The lowest BCUT2D eigenvalue weighted by Crippen LogP contribution is -2.47. The zero-order valence-electron chi connectivity index (χ0n) is 11.4.